The molecule has 0 aliphatic carbocycles. The Hall–Kier alpha value is -3.68. The molecule has 1 aliphatic heterocycles. The number of carbonyl (C=O) groups is 4. The molecule has 2 aromatic rings. The third-order valence-electron chi connectivity index (χ3n) is 5.47. The van der Waals surface area contributed by atoms with Crippen molar-refractivity contribution in [1.82, 2.24) is 0 Å². The van der Waals surface area contributed by atoms with E-state index in [1.54, 1.807) is 39.8 Å². The summed E-state index contributed by atoms with van der Waals surface area (Å²) >= 11 is 0. The summed E-state index contributed by atoms with van der Waals surface area (Å²) in [6.45, 7) is 6.91. The minimum atomic E-state index is -1.12. The Bertz CT molecular complexity index is 1100. The van der Waals surface area contributed by atoms with Crippen molar-refractivity contribution in [1.29, 1.82) is 0 Å². The predicted molar refractivity (Wildman–Crippen MR) is 109 cm³/mol. The quantitative estimate of drug-likeness (QED) is 0.572. The van der Waals surface area contributed by atoms with E-state index in [-0.39, 0.29) is 35.5 Å². The number of carboxylic acids is 1. The molecule has 8 nitrogen and oxygen atoms in total. The van der Waals surface area contributed by atoms with Crippen LogP contribution in [0.15, 0.2) is 24.3 Å². The molecule has 0 amide bonds. The summed E-state index contributed by atoms with van der Waals surface area (Å²) in [5.41, 5.74) is 2.17. The largest absolute Gasteiger partial charge is 0.478 e. The van der Waals surface area contributed by atoms with Crippen molar-refractivity contribution < 1.29 is 38.5 Å². The zero-order valence-electron chi connectivity index (χ0n) is 17.6. The van der Waals surface area contributed by atoms with Crippen molar-refractivity contribution in [2.75, 3.05) is 6.61 Å². The molecule has 0 radical (unpaired) electrons. The van der Waals surface area contributed by atoms with Crippen LogP contribution in [0.25, 0.3) is 0 Å². The molecule has 0 saturated carbocycles. The average molecular weight is 426 g/mol. The first-order chi connectivity index (χ1) is 14.6. The first-order valence-electron chi connectivity index (χ1n) is 9.66. The van der Waals surface area contributed by atoms with E-state index in [1.807, 2.05) is 0 Å². The number of rotatable bonds is 5. The fraction of sp³-hybridized carbons (Fsp3) is 0.304. The molecule has 1 unspecified atom stereocenters. The normalized spacial score (nSPS) is 15.4. The highest BCUT2D eigenvalue weighted by atomic mass is 16.6. The van der Waals surface area contributed by atoms with E-state index < -0.39 is 30.0 Å². The van der Waals surface area contributed by atoms with Crippen LogP contribution in [0.1, 0.15) is 59.7 Å². The molecule has 1 heterocycles. The lowest BCUT2D eigenvalue weighted by molar-refractivity contribution is -0.145. The Balaban J connectivity index is 1.94. The zero-order chi connectivity index (χ0) is 22.9. The van der Waals surface area contributed by atoms with Gasteiger partial charge in [0.2, 0.25) is 6.10 Å². The number of carboxylic acid groups (broad SMARTS) is 1. The maximum Gasteiger partial charge on any atom is 0.347 e. The van der Waals surface area contributed by atoms with Gasteiger partial charge in [-0.1, -0.05) is 12.1 Å². The summed E-state index contributed by atoms with van der Waals surface area (Å²) in [5, 5.41) is 9.57. The van der Waals surface area contributed by atoms with Crippen molar-refractivity contribution in [2.24, 2.45) is 0 Å². The van der Waals surface area contributed by atoms with Crippen LogP contribution in [-0.4, -0.2) is 41.7 Å². The zero-order valence-corrected chi connectivity index (χ0v) is 17.6. The Kier molecular flexibility index (Phi) is 6.10. The highest BCUT2D eigenvalue weighted by molar-refractivity contribution is 6.04. The van der Waals surface area contributed by atoms with Gasteiger partial charge in [-0.3, -0.25) is 0 Å². The van der Waals surface area contributed by atoms with Crippen LogP contribution in [0.3, 0.4) is 0 Å². The van der Waals surface area contributed by atoms with Gasteiger partial charge in [-0.15, -0.1) is 0 Å². The molecule has 0 aromatic heterocycles. The van der Waals surface area contributed by atoms with E-state index in [4.69, 9.17) is 14.2 Å². The minimum Gasteiger partial charge on any atom is -0.478 e. The molecule has 0 bridgehead atoms. The summed E-state index contributed by atoms with van der Waals surface area (Å²) in [6, 6.07) is 5.90. The fourth-order valence-corrected chi connectivity index (χ4v) is 3.55. The van der Waals surface area contributed by atoms with Crippen molar-refractivity contribution in [2.45, 2.75) is 40.2 Å². The molecule has 3 rings (SSSR count). The number of hydrogen-bond donors (Lipinski definition) is 1. The Labute approximate surface area is 178 Å². The maximum absolute atomic E-state index is 13.0. The Morgan fingerprint density at radius 2 is 1.55 bits per heavy atom. The SMILES string of the molecule is Cc1c(C)c(OC(=O)c2ccccc2C(=O)OC2CCOC2=O)c(C)c(C(=O)O)c1C. The van der Waals surface area contributed by atoms with Crippen LogP contribution >= 0.6 is 0 Å². The lowest BCUT2D eigenvalue weighted by Gasteiger charge is -2.18. The van der Waals surface area contributed by atoms with Gasteiger partial charge in [0.05, 0.1) is 23.3 Å². The highest BCUT2D eigenvalue weighted by Crippen LogP contribution is 2.33. The number of hydrogen-bond acceptors (Lipinski definition) is 7. The number of benzene rings is 2. The van der Waals surface area contributed by atoms with Gasteiger partial charge in [0.25, 0.3) is 0 Å². The second-order valence-corrected chi connectivity index (χ2v) is 7.29. The molecular formula is C23H22O8. The second-order valence-electron chi connectivity index (χ2n) is 7.29. The first kappa shape index (κ1) is 22.0. The Morgan fingerprint density at radius 1 is 0.935 bits per heavy atom. The molecule has 162 valence electrons. The number of carbonyl (C=O) groups excluding carboxylic acids is 3. The molecule has 0 spiro atoms. The standard InChI is InChI=1S/C23H22O8/c1-11-12(2)18(20(24)25)14(4)19(13(11)3)31-22(27)16-8-6-5-7-15(16)21(26)30-17-9-10-29-23(17)28/h5-8,17H,9-10H2,1-4H3,(H,24,25). The fourth-order valence-electron chi connectivity index (χ4n) is 3.55. The molecule has 2 aromatic carbocycles. The first-order valence-corrected chi connectivity index (χ1v) is 9.66. The molecule has 1 atom stereocenters. The average Bonchev–Trinajstić information content (AvgIpc) is 3.13. The summed E-state index contributed by atoms with van der Waals surface area (Å²) in [4.78, 5) is 48.8. The van der Waals surface area contributed by atoms with Crippen molar-refractivity contribution in [3.05, 3.63) is 63.2 Å². The smallest absolute Gasteiger partial charge is 0.347 e. The summed E-state index contributed by atoms with van der Waals surface area (Å²) in [6.07, 6.45) is -0.769. The molecule has 1 saturated heterocycles. The predicted octanol–water partition coefficient (Wildman–Crippen LogP) is 3.31. The van der Waals surface area contributed by atoms with E-state index >= 15 is 0 Å². The third-order valence-corrected chi connectivity index (χ3v) is 5.47. The van der Waals surface area contributed by atoms with Gasteiger partial charge in [0.15, 0.2) is 0 Å². The van der Waals surface area contributed by atoms with Gasteiger partial charge in [-0.25, -0.2) is 19.2 Å². The molecule has 1 fully saturated rings. The van der Waals surface area contributed by atoms with E-state index in [0.29, 0.717) is 22.3 Å². The van der Waals surface area contributed by atoms with Crippen LogP contribution in [-0.2, 0) is 14.3 Å². The molecular weight excluding hydrogens is 404 g/mol. The monoisotopic (exact) mass is 426 g/mol. The van der Waals surface area contributed by atoms with Gasteiger partial charge in [0.1, 0.15) is 5.75 Å². The van der Waals surface area contributed by atoms with Crippen LogP contribution in [0.2, 0.25) is 0 Å². The number of cyclic esters (lactones) is 1. The topological polar surface area (TPSA) is 116 Å². The molecule has 8 heteroatoms. The van der Waals surface area contributed by atoms with Crippen LogP contribution in [0, 0.1) is 27.7 Å². The summed E-state index contributed by atoms with van der Waals surface area (Å²) in [5.74, 6) is -3.31. The van der Waals surface area contributed by atoms with E-state index in [2.05, 4.69) is 0 Å². The van der Waals surface area contributed by atoms with Crippen molar-refractivity contribution >= 4 is 23.9 Å². The number of aromatic carboxylic acids is 1. The molecule has 1 aliphatic rings. The van der Waals surface area contributed by atoms with Crippen LogP contribution in [0.4, 0.5) is 0 Å². The third kappa shape index (κ3) is 4.14. The minimum absolute atomic E-state index is 0.0623. The van der Waals surface area contributed by atoms with Gasteiger partial charge >= 0.3 is 23.9 Å². The van der Waals surface area contributed by atoms with Gasteiger partial charge < -0.3 is 19.3 Å². The highest BCUT2D eigenvalue weighted by Gasteiger charge is 2.32. The second kappa shape index (κ2) is 8.59. The van der Waals surface area contributed by atoms with Crippen molar-refractivity contribution in [3.8, 4) is 5.75 Å². The van der Waals surface area contributed by atoms with Crippen LogP contribution in [0.5, 0.6) is 5.75 Å². The molecule has 31 heavy (non-hydrogen) atoms. The summed E-state index contributed by atoms with van der Waals surface area (Å²) < 4.78 is 15.5. The lowest BCUT2D eigenvalue weighted by atomic mass is 9.93. The maximum atomic E-state index is 13.0. The molecule has 1 N–H and O–H groups in total. The number of ether oxygens (including phenoxy) is 3. The van der Waals surface area contributed by atoms with Crippen LogP contribution < -0.4 is 4.74 Å². The number of esters is 3. The van der Waals surface area contributed by atoms with E-state index in [9.17, 15) is 24.3 Å². The van der Waals surface area contributed by atoms with E-state index in [0.717, 1.165) is 0 Å². The Morgan fingerprint density at radius 3 is 2.10 bits per heavy atom. The van der Waals surface area contributed by atoms with Crippen molar-refractivity contribution in [3.63, 3.8) is 0 Å². The lowest BCUT2D eigenvalue weighted by Crippen LogP contribution is -2.24. The van der Waals surface area contributed by atoms with Gasteiger partial charge in [0, 0.05) is 12.0 Å². The van der Waals surface area contributed by atoms with Gasteiger partial charge in [-0.05, 0) is 56.5 Å². The van der Waals surface area contributed by atoms with Gasteiger partial charge in [-0.2, -0.15) is 0 Å². The van der Waals surface area contributed by atoms with E-state index in [1.165, 1.54) is 12.1 Å². The summed E-state index contributed by atoms with van der Waals surface area (Å²) in [7, 11) is 0.